The molecule has 132 valence electrons. The predicted molar refractivity (Wildman–Crippen MR) is 99.6 cm³/mol. The van der Waals surface area contributed by atoms with Gasteiger partial charge in [0.25, 0.3) is 5.91 Å². The van der Waals surface area contributed by atoms with Crippen molar-refractivity contribution < 1.29 is 9.21 Å². The zero-order valence-electron chi connectivity index (χ0n) is 14.5. The number of aryl methyl sites for hydroxylation is 1. The highest BCUT2D eigenvalue weighted by molar-refractivity contribution is 5.95. The molecule has 0 spiro atoms. The third-order valence-electron chi connectivity index (χ3n) is 4.67. The third kappa shape index (κ3) is 3.06. The van der Waals surface area contributed by atoms with Crippen molar-refractivity contribution in [1.29, 1.82) is 0 Å². The number of carbonyl (C=O) groups excluding carboxylic acids is 1. The van der Waals surface area contributed by atoms with E-state index in [9.17, 15) is 9.59 Å². The summed E-state index contributed by atoms with van der Waals surface area (Å²) in [6.45, 7) is 4.43. The van der Waals surface area contributed by atoms with E-state index in [0.717, 1.165) is 16.8 Å². The van der Waals surface area contributed by atoms with Crippen LogP contribution in [0.3, 0.4) is 0 Å². The molecule has 1 aliphatic heterocycles. The van der Waals surface area contributed by atoms with Crippen molar-refractivity contribution in [3.8, 4) is 0 Å². The quantitative estimate of drug-likeness (QED) is 0.711. The lowest BCUT2D eigenvalue weighted by atomic mass is 10.1. The van der Waals surface area contributed by atoms with Crippen LogP contribution in [-0.4, -0.2) is 42.0 Å². The number of aromatic nitrogens is 1. The van der Waals surface area contributed by atoms with Gasteiger partial charge in [0.05, 0.1) is 5.39 Å². The van der Waals surface area contributed by atoms with Gasteiger partial charge in [0.15, 0.2) is 5.76 Å². The lowest BCUT2D eigenvalue weighted by molar-refractivity contribution is 0.0710. The molecule has 1 aromatic carbocycles. The average Bonchev–Trinajstić information content (AvgIpc) is 2.68. The molecule has 1 fully saturated rings. The van der Waals surface area contributed by atoms with E-state index in [2.05, 4.69) is 9.88 Å². The molecule has 26 heavy (non-hydrogen) atoms. The van der Waals surface area contributed by atoms with Crippen molar-refractivity contribution in [1.82, 2.24) is 9.88 Å². The van der Waals surface area contributed by atoms with E-state index < -0.39 is 5.63 Å². The molecule has 0 radical (unpaired) electrons. The molecule has 0 atom stereocenters. The molecule has 0 bridgehead atoms. The fourth-order valence-corrected chi connectivity index (χ4v) is 3.24. The summed E-state index contributed by atoms with van der Waals surface area (Å²) < 4.78 is 5.30. The summed E-state index contributed by atoms with van der Waals surface area (Å²) in [4.78, 5) is 33.2. The number of nitrogens with zero attached hydrogens (tertiary/aromatic N) is 3. The van der Waals surface area contributed by atoms with Crippen molar-refractivity contribution in [3.05, 3.63) is 70.4 Å². The van der Waals surface area contributed by atoms with Gasteiger partial charge in [0.1, 0.15) is 5.82 Å². The fraction of sp³-hybridized carbons (Fsp3) is 0.250. The second kappa shape index (κ2) is 6.63. The summed E-state index contributed by atoms with van der Waals surface area (Å²) >= 11 is 0. The lowest BCUT2D eigenvalue weighted by Gasteiger charge is -2.35. The van der Waals surface area contributed by atoms with Crippen molar-refractivity contribution in [2.24, 2.45) is 0 Å². The van der Waals surface area contributed by atoms with E-state index in [0.29, 0.717) is 31.6 Å². The van der Waals surface area contributed by atoms with Gasteiger partial charge in [-0.05, 0) is 36.6 Å². The monoisotopic (exact) mass is 349 g/mol. The molecule has 3 heterocycles. The highest BCUT2D eigenvalue weighted by atomic mass is 16.4. The Hall–Kier alpha value is -3.15. The number of pyridine rings is 1. The molecular weight excluding hydrogens is 330 g/mol. The van der Waals surface area contributed by atoms with Gasteiger partial charge in [-0.25, -0.2) is 9.78 Å². The third-order valence-corrected chi connectivity index (χ3v) is 4.67. The fourth-order valence-electron chi connectivity index (χ4n) is 3.24. The van der Waals surface area contributed by atoms with Crippen LogP contribution < -0.4 is 10.5 Å². The minimum Gasteiger partial charge on any atom is -0.417 e. The molecule has 2 aromatic heterocycles. The highest BCUT2D eigenvalue weighted by Gasteiger charge is 2.25. The topological polar surface area (TPSA) is 66.7 Å². The van der Waals surface area contributed by atoms with E-state index in [-0.39, 0.29) is 11.7 Å². The van der Waals surface area contributed by atoms with Crippen LogP contribution in [0.2, 0.25) is 0 Å². The second-order valence-corrected chi connectivity index (χ2v) is 6.46. The molecule has 6 heteroatoms. The first kappa shape index (κ1) is 16.3. The molecular formula is C20H19N3O3. The van der Waals surface area contributed by atoms with Crippen LogP contribution in [-0.2, 0) is 0 Å². The van der Waals surface area contributed by atoms with E-state index in [1.807, 2.05) is 37.3 Å². The van der Waals surface area contributed by atoms with Gasteiger partial charge in [0.2, 0.25) is 0 Å². The number of piperazine rings is 1. The maximum Gasteiger partial charge on any atom is 0.344 e. The molecule has 0 aliphatic carbocycles. The van der Waals surface area contributed by atoms with Gasteiger partial charge >= 0.3 is 5.63 Å². The lowest BCUT2D eigenvalue weighted by Crippen LogP contribution is -2.49. The first-order valence-corrected chi connectivity index (χ1v) is 8.61. The number of fused-ring (bicyclic) bond motifs is 1. The summed E-state index contributed by atoms with van der Waals surface area (Å²) in [5, 5.41) is 1.23. The van der Waals surface area contributed by atoms with Gasteiger partial charge in [-0.2, -0.15) is 0 Å². The SMILES string of the molecule is Cc1ccc2cc(C(=O)N3CCN(c4ccccn4)CC3)oc(=O)c2c1. The van der Waals surface area contributed by atoms with Crippen LogP contribution in [0.1, 0.15) is 16.1 Å². The van der Waals surface area contributed by atoms with E-state index in [1.54, 1.807) is 23.2 Å². The molecule has 0 saturated carbocycles. The average molecular weight is 349 g/mol. The molecule has 0 N–H and O–H groups in total. The number of benzene rings is 1. The van der Waals surface area contributed by atoms with Crippen molar-refractivity contribution in [2.45, 2.75) is 6.92 Å². The standard InChI is InChI=1S/C20H19N3O3/c1-14-5-6-15-13-17(26-20(25)16(15)12-14)19(24)23-10-8-22(9-11-23)18-4-2-3-7-21-18/h2-7,12-13H,8-11H2,1H3. The Morgan fingerprint density at radius 1 is 1.08 bits per heavy atom. The largest absolute Gasteiger partial charge is 0.417 e. The van der Waals surface area contributed by atoms with E-state index in [4.69, 9.17) is 4.42 Å². The van der Waals surface area contributed by atoms with Crippen LogP contribution in [0.25, 0.3) is 10.8 Å². The van der Waals surface area contributed by atoms with Crippen molar-refractivity contribution in [2.75, 3.05) is 31.1 Å². The van der Waals surface area contributed by atoms with Gasteiger partial charge in [-0.15, -0.1) is 0 Å². The molecule has 1 aliphatic rings. The Morgan fingerprint density at radius 3 is 2.62 bits per heavy atom. The maximum atomic E-state index is 12.8. The van der Waals surface area contributed by atoms with Crippen molar-refractivity contribution in [3.63, 3.8) is 0 Å². The molecule has 1 amide bonds. The summed E-state index contributed by atoms with van der Waals surface area (Å²) in [7, 11) is 0. The van der Waals surface area contributed by atoms with E-state index >= 15 is 0 Å². The van der Waals surface area contributed by atoms with Gasteiger partial charge in [0, 0.05) is 32.4 Å². The Morgan fingerprint density at radius 2 is 1.88 bits per heavy atom. The number of rotatable bonds is 2. The summed E-state index contributed by atoms with van der Waals surface area (Å²) in [5.74, 6) is 0.759. The molecule has 0 unspecified atom stereocenters. The number of anilines is 1. The van der Waals surface area contributed by atoms with Gasteiger partial charge < -0.3 is 14.2 Å². The second-order valence-electron chi connectivity index (χ2n) is 6.46. The molecule has 1 saturated heterocycles. The van der Waals surface area contributed by atoms with Gasteiger partial charge in [-0.1, -0.05) is 23.8 Å². The number of hydrogen-bond acceptors (Lipinski definition) is 5. The van der Waals surface area contributed by atoms with Crippen molar-refractivity contribution >= 4 is 22.5 Å². The minimum absolute atomic E-state index is 0.0950. The molecule has 4 rings (SSSR count). The zero-order chi connectivity index (χ0) is 18.1. The smallest absolute Gasteiger partial charge is 0.344 e. The van der Waals surface area contributed by atoms with Crippen LogP contribution in [0.4, 0.5) is 5.82 Å². The van der Waals surface area contributed by atoms with Gasteiger partial charge in [-0.3, -0.25) is 4.79 Å². The first-order valence-electron chi connectivity index (χ1n) is 8.61. The molecule has 3 aromatic rings. The highest BCUT2D eigenvalue weighted by Crippen LogP contribution is 2.17. The Bertz CT molecular complexity index is 1010. The Balaban J connectivity index is 1.53. The van der Waals surface area contributed by atoms with Crippen LogP contribution in [0, 0.1) is 6.92 Å². The Kier molecular flexibility index (Phi) is 4.16. The normalized spacial score (nSPS) is 14.7. The van der Waals surface area contributed by atoms with Crippen LogP contribution >= 0.6 is 0 Å². The predicted octanol–water partition coefficient (Wildman–Crippen LogP) is 2.46. The number of carbonyl (C=O) groups is 1. The number of amides is 1. The summed E-state index contributed by atoms with van der Waals surface area (Å²) in [6.07, 6.45) is 1.76. The van der Waals surface area contributed by atoms with E-state index in [1.165, 1.54) is 0 Å². The minimum atomic E-state index is -0.471. The van der Waals surface area contributed by atoms with Crippen LogP contribution in [0.5, 0.6) is 0 Å². The maximum absolute atomic E-state index is 12.8. The number of hydrogen-bond donors (Lipinski definition) is 0. The summed E-state index contributed by atoms with van der Waals surface area (Å²) in [6, 6.07) is 13.0. The molecule has 6 nitrogen and oxygen atoms in total. The zero-order valence-corrected chi connectivity index (χ0v) is 14.5. The first-order chi connectivity index (χ1) is 12.6. The van der Waals surface area contributed by atoms with Crippen LogP contribution in [0.15, 0.2) is 57.9 Å². The Labute approximate surface area is 150 Å². The summed E-state index contributed by atoms with van der Waals surface area (Å²) in [5.41, 5.74) is 0.510.